The molecule has 17 heteroatoms. The number of rotatable bonds is 8. The van der Waals surface area contributed by atoms with Crippen molar-refractivity contribution >= 4 is 5.97 Å². The molecule has 3 saturated heterocycles. The maximum Gasteiger partial charge on any atom is 0.335 e. The lowest BCUT2D eigenvalue weighted by Crippen LogP contribution is -2.68. The normalized spacial score (nSPS) is 55.1. The number of fused-ring (bicyclic) bond motifs is 7. The maximum atomic E-state index is 12.5. The van der Waals surface area contributed by atoms with Gasteiger partial charge in [0.05, 0.1) is 24.9 Å². The van der Waals surface area contributed by atoms with Gasteiger partial charge in [-0.25, -0.2) is 4.79 Å². The number of hydrogen-bond donors (Lipinski definition) is 10. The quantitative estimate of drug-likeness (QED) is 0.123. The van der Waals surface area contributed by atoms with Crippen molar-refractivity contribution < 1.29 is 84.3 Å². The predicted octanol–water partition coefficient (Wildman–Crippen LogP) is 1.73. The Kier molecular flexibility index (Phi) is 13.2. The first-order valence-electron chi connectivity index (χ1n) is 24.1. The fourth-order valence-electron chi connectivity index (χ4n) is 15.1. The molecule has 8 aliphatic rings. The SMILES string of the molecule is C[C@H]1O[C@@H](O[C@H]2[C@@H](O[C@@H]3[C@@H](O[C@H]4CC[C@@]5(C)[C@H](CC[C@]6(C)[C@@H]5CC=C5[C@@H]7CC(C)(C)C[C@H](O)[C@]7(C)CC[C@]56C)C4(C)C)O[C@@H](C(=O)O)[C@H](O)[C@H]3O)O[C@H](CO)[C@H](O)[C@@H]2O)[C@H](O)[C@@H](O)[C@@H]1O. The van der Waals surface area contributed by atoms with Crippen LogP contribution in [-0.2, 0) is 33.2 Å². The van der Waals surface area contributed by atoms with Crippen LogP contribution >= 0.6 is 0 Å². The van der Waals surface area contributed by atoms with Crippen LogP contribution in [0.4, 0.5) is 0 Å². The minimum absolute atomic E-state index is 0.00181. The van der Waals surface area contributed by atoms with Crippen LogP contribution in [-0.4, -0.2) is 168 Å². The largest absolute Gasteiger partial charge is 0.479 e. The third-order valence-corrected chi connectivity index (χ3v) is 19.4. The number of carboxylic acids is 1. The van der Waals surface area contributed by atoms with E-state index >= 15 is 0 Å². The summed E-state index contributed by atoms with van der Waals surface area (Å²) in [5, 5.41) is 108. The molecule has 7 fully saturated rings. The summed E-state index contributed by atoms with van der Waals surface area (Å²) >= 11 is 0. The molecule has 3 heterocycles. The zero-order valence-electron chi connectivity index (χ0n) is 39.5. The van der Waals surface area contributed by atoms with E-state index in [0.717, 1.165) is 51.4 Å². The lowest BCUT2D eigenvalue weighted by molar-refractivity contribution is -0.395. The summed E-state index contributed by atoms with van der Waals surface area (Å²) in [7, 11) is 0. The van der Waals surface area contributed by atoms with E-state index in [-0.39, 0.29) is 39.1 Å². The molecule has 0 bridgehead atoms. The minimum atomic E-state index is -2.02. The highest BCUT2D eigenvalue weighted by atomic mass is 16.8. The number of allylic oxidation sites excluding steroid dienone is 2. The van der Waals surface area contributed by atoms with Gasteiger partial charge in [-0.15, -0.1) is 0 Å². The Morgan fingerprint density at radius 2 is 1.29 bits per heavy atom. The molecule has 3 aliphatic heterocycles. The average molecular weight is 927 g/mol. The predicted molar refractivity (Wildman–Crippen MR) is 229 cm³/mol. The van der Waals surface area contributed by atoms with Crippen LogP contribution in [0.1, 0.15) is 120 Å². The topological polar surface area (TPSA) is 275 Å². The van der Waals surface area contributed by atoms with Crippen LogP contribution in [0.5, 0.6) is 0 Å². The average Bonchev–Trinajstić information content (AvgIpc) is 3.22. The standard InChI is InChI=1S/C48H78O17/c1-21-29(51)31(53)35(57)40(60-21)64-37-32(54)30(52)24(20-49)61-41(37)65-38-34(56)33(55)36(39(58)59)63-42(38)62-28-13-14-46(7)25(44(28,4)5)12-15-48(9)26(46)11-10-22-23-18-43(2,3)19-27(50)45(23,6)16-17-47(22,48)8/h10,21,23-38,40-42,49-57H,11-20H2,1-9H3,(H,58,59)/t21-,23+,24-,25-,26-,27+,28+,29-,30+,31+,32+,33-,34-,35-,36-,37-,38+,40+,41-,42+,45-,46+,47-,48-/m1/s1. The van der Waals surface area contributed by atoms with E-state index in [1.807, 2.05) is 0 Å². The van der Waals surface area contributed by atoms with E-state index in [4.69, 9.17) is 28.4 Å². The van der Waals surface area contributed by atoms with Gasteiger partial charge in [0.1, 0.15) is 61.0 Å². The van der Waals surface area contributed by atoms with Crippen molar-refractivity contribution in [1.82, 2.24) is 0 Å². The van der Waals surface area contributed by atoms with Gasteiger partial charge < -0.3 is 79.5 Å². The molecule has 0 aromatic heterocycles. The fraction of sp³-hybridized carbons (Fsp3) is 0.938. The Morgan fingerprint density at radius 1 is 0.662 bits per heavy atom. The third-order valence-electron chi connectivity index (χ3n) is 19.4. The molecule has 17 nitrogen and oxygen atoms in total. The molecule has 24 atom stereocenters. The van der Waals surface area contributed by atoms with Gasteiger partial charge in [-0.2, -0.15) is 0 Å². The van der Waals surface area contributed by atoms with E-state index in [1.54, 1.807) is 5.57 Å². The number of carbonyl (C=O) groups is 1. The molecule has 8 rings (SSSR count). The number of ether oxygens (including phenoxy) is 6. The molecule has 372 valence electrons. The number of aliphatic hydroxyl groups is 9. The molecule has 10 N–H and O–H groups in total. The number of aliphatic hydroxyl groups excluding tert-OH is 9. The molecule has 5 aliphatic carbocycles. The van der Waals surface area contributed by atoms with Crippen molar-refractivity contribution in [2.45, 2.75) is 224 Å². The van der Waals surface area contributed by atoms with Gasteiger partial charge in [0.15, 0.2) is 25.0 Å². The van der Waals surface area contributed by atoms with Crippen LogP contribution in [0.15, 0.2) is 11.6 Å². The molecular weight excluding hydrogens is 849 g/mol. The highest BCUT2D eigenvalue weighted by Crippen LogP contribution is 2.76. The lowest BCUT2D eigenvalue weighted by Gasteiger charge is -2.71. The molecule has 0 aromatic rings. The number of hydrogen-bond acceptors (Lipinski definition) is 16. The first-order chi connectivity index (χ1) is 30.2. The second-order valence-corrected chi connectivity index (χ2v) is 23.8. The number of carboxylic acid groups (broad SMARTS) is 1. The Bertz CT molecular complexity index is 1790. The summed E-state index contributed by atoms with van der Waals surface area (Å²) in [4.78, 5) is 12.5. The maximum absolute atomic E-state index is 12.5. The van der Waals surface area contributed by atoms with Crippen molar-refractivity contribution in [1.29, 1.82) is 0 Å². The second kappa shape index (κ2) is 17.2. The molecular formula is C48H78O17. The summed E-state index contributed by atoms with van der Waals surface area (Å²) in [5.41, 5.74) is 0.763. The van der Waals surface area contributed by atoms with Gasteiger partial charge in [-0.1, -0.05) is 67.0 Å². The van der Waals surface area contributed by atoms with Crippen molar-refractivity contribution in [3.8, 4) is 0 Å². The van der Waals surface area contributed by atoms with Crippen LogP contribution in [0, 0.1) is 50.2 Å². The summed E-state index contributed by atoms with van der Waals surface area (Å²) in [6.45, 7) is 19.3. The first kappa shape index (κ1) is 50.0. The number of aliphatic carboxylic acids is 1. The van der Waals surface area contributed by atoms with E-state index < -0.39 is 116 Å². The van der Waals surface area contributed by atoms with Gasteiger partial charge in [-0.3, -0.25) is 0 Å². The van der Waals surface area contributed by atoms with Crippen LogP contribution < -0.4 is 0 Å². The first-order valence-corrected chi connectivity index (χ1v) is 24.1. The minimum Gasteiger partial charge on any atom is -0.479 e. The second-order valence-electron chi connectivity index (χ2n) is 23.8. The van der Waals surface area contributed by atoms with E-state index in [9.17, 15) is 55.9 Å². The smallest absolute Gasteiger partial charge is 0.335 e. The third kappa shape index (κ3) is 7.81. The molecule has 0 aromatic carbocycles. The van der Waals surface area contributed by atoms with E-state index in [0.29, 0.717) is 18.3 Å². The van der Waals surface area contributed by atoms with Crippen LogP contribution in [0.3, 0.4) is 0 Å². The van der Waals surface area contributed by atoms with Crippen molar-refractivity contribution in [3.05, 3.63) is 11.6 Å². The van der Waals surface area contributed by atoms with Gasteiger partial charge >= 0.3 is 5.97 Å². The highest BCUT2D eigenvalue weighted by molar-refractivity contribution is 5.73. The van der Waals surface area contributed by atoms with Gasteiger partial charge in [0.2, 0.25) is 0 Å². The summed E-state index contributed by atoms with van der Waals surface area (Å²) in [5.74, 6) is -0.724. The molecule has 0 radical (unpaired) electrons. The van der Waals surface area contributed by atoms with E-state index in [2.05, 4.69) is 61.5 Å². The molecule has 0 unspecified atom stereocenters. The summed E-state index contributed by atoms with van der Waals surface area (Å²) in [6.07, 6.45) is -15.9. The Morgan fingerprint density at radius 3 is 1.94 bits per heavy atom. The van der Waals surface area contributed by atoms with Gasteiger partial charge in [0.25, 0.3) is 0 Å². The zero-order valence-corrected chi connectivity index (χ0v) is 39.5. The fourth-order valence-corrected chi connectivity index (χ4v) is 15.1. The molecule has 65 heavy (non-hydrogen) atoms. The Labute approximate surface area is 382 Å². The van der Waals surface area contributed by atoms with Gasteiger partial charge in [-0.05, 0) is 110 Å². The van der Waals surface area contributed by atoms with Gasteiger partial charge in [0, 0.05) is 5.41 Å². The molecule has 0 amide bonds. The molecule has 0 spiro atoms. The van der Waals surface area contributed by atoms with Crippen molar-refractivity contribution in [2.75, 3.05) is 6.61 Å². The van der Waals surface area contributed by atoms with Crippen LogP contribution in [0.25, 0.3) is 0 Å². The Hall–Kier alpha value is -1.39. The Balaban J connectivity index is 1.06. The van der Waals surface area contributed by atoms with Crippen LogP contribution in [0.2, 0.25) is 0 Å². The van der Waals surface area contributed by atoms with Crippen molar-refractivity contribution in [3.63, 3.8) is 0 Å². The molecule has 4 saturated carbocycles. The summed E-state index contributed by atoms with van der Waals surface area (Å²) < 4.78 is 36.4. The zero-order chi connectivity index (χ0) is 47.7. The monoisotopic (exact) mass is 927 g/mol. The van der Waals surface area contributed by atoms with Crippen molar-refractivity contribution in [2.24, 2.45) is 50.2 Å². The summed E-state index contributed by atoms with van der Waals surface area (Å²) in [6, 6.07) is 0. The highest BCUT2D eigenvalue weighted by Gasteiger charge is 2.69. The lowest BCUT2D eigenvalue weighted by atomic mass is 9.33. The van der Waals surface area contributed by atoms with E-state index in [1.165, 1.54) is 6.92 Å².